The van der Waals surface area contributed by atoms with Gasteiger partial charge in [-0.15, -0.1) is 0 Å². The van der Waals surface area contributed by atoms with Crippen LogP contribution in [0, 0.1) is 17.1 Å². The number of thiocarbonyl (C=S) groups is 1. The van der Waals surface area contributed by atoms with Gasteiger partial charge in [0.15, 0.2) is 5.69 Å². The van der Waals surface area contributed by atoms with Crippen molar-refractivity contribution in [1.29, 1.82) is 5.26 Å². The molecule has 31 heavy (non-hydrogen) atoms. The highest BCUT2D eigenvalue weighted by Crippen LogP contribution is 2.43. The van der Waals surface area contributed by atoms with E-state index in [9.17, 15) is 22.4 Å². The first-order valence-corrected chi connectivity index (χ1v) is 10.3. The van der Waals surface area contributed by atoms with Crippen LogP contribution >= 0.6 is 28.1 Å². The molecule has 0 N–H and O–H groups in total. The highest BCUT2D eigenvalue weighted by molar-refractivity contribution is 9.10. The van der Waals surface area contributed by atoms with Gasteiger partial charge in [0.25, 0.3) is 5.91 Å². The van der Waals surface area contributed by atoms with Gasteiger partial charge in [0.05, 0.1) is 27.4 Å². The Morgan fingerprint density at radius 3 is 2.48 bits per heavy atom. The molecule has 5 nitrogen and oxygen atoms in total. The van der Waals surface area contributed by atoms with E-state index < -0.39 is 34.7 Å². The molecular weight excluding hydrogens is 500 g/mol. The average Bonchev–Trinajstić information content (AvgIpc) is 2.70. The van der Waals surface area contributed by atoms with Crippen molar-refractivity contribution in [1.82, 2.24) is 4.98 Å². The smallest absolute Gasteiger partial charge is 0.323 e. The van der Waals surface area contributed by atoms with E-state index in [0.29, 0.717) is 24.9 Å². The first-order chi connectivity index (χ1) is 14.5. The number of rotatable bonds is 5. The summed E-state index contributed by atoms with van der Waals surface area (Å²) in [4.78, 5) is 19.5. The minimum Gasteiger partial charge on any atom is -0.323 e. The molecule has 0 saturated heterocycles. The summed E-state index contributed by atoms with van der Waals surface area (Å²) in [6.07, 6.45) is -2.30. The van der Waals surface area contributed by atoms with E-state index >= 15 is 0 Å². The van der Waals surface area contributed by atoms with Gasteiger partial charge >= 0.3 is 6.18 Å². The fraction of sp³-hybridized carbons (Fsp3) is 0.300. The zero-order valence-corrected chi connectivity index (χ0v) is 18.5. The van der Waals surface area contributed by atoms with Gasteiger partial charge in [-0.3, -0.25) is 4.79 Å². The number of pyridine rings is 1. The summed E-state index contributed by atoms with van der Waals surface area (Å²) in [5, 5.41) is 8.92. The molecule has 0 radical (unpaired) electrons. The molecule has 1 aliphatic rings. The monoisotopic (exact) mass is 514 g/mol. The number of carbonyl (C=O) groups excluding carboxylic acids is 1. The van der Waals surface area contributed by atoms with Gasteiger partial charge in [0.1, 0.15) is 17.4 Å². The van der Waals surface area contributed by atoms with Crippen LogP contribution in [0.4, 0.5) is 28.9 Å². The fourth-order valence-electron chi connectivity index (χ4n) is 3.49. The second kappa shape index (κ2) is 8.51. The summed E-state index contributed by atoms with van der Waals surface area (Å²) in [6.45, 7) is 0. The second-order valence-electron chi connectivity index (χ2n) is 7.02. The van der Waals surface area contributed by atoms with Crippen LogP contribution in [0.3, 0.4) is 0 Å². The highest BCUT2D eigenvalue weighted by atomic mass is 79.9. The molecule has 1 fully saturated rings. The van der Waals surface area contributed by atoms with Crippen LogP contribution in [0.5, 0.6) is 0 Å². The van der Waals surface area contributed by atoms with Crippen LogP contribution in [-0.4, -0.2) is 29.0 Å². The van der Waals surface area contributed by atoms with E-state index in [0.717, 1.165) is 17.2 Å². The molecule has 1 aliphatic carbocycles. The molecule has 0 atom stereocenters. The Morgan fingerprint density at radius 2 is 2.00 bits per heavy atom. The Morgan fingerprint density at radius 1 is 1.32 bits per heavy atom. The number of nitriles is 1. The normalized spacial score (nSPS) is 14.9. The number of halogens is 5. The van der Waals surface area contributed by atoms with Crippen LogP contribution in [-0.2, 0) is 11.0 Å². The molecule has 1 heterocycles. The van der Waals surface area contributed by atoms with Gasteiger partial charge in [-0.25, -0.2) is 9.37 Å². The van der Waals surface area contributed by atoms with Gasteiger partial charge in [-0.1, -0.05) is 12.2 Å². The van der Waals surface area contributed by atoms with Gasteiger partial charge in [0.2, 0.25) is 0 Å². The zero-order valence-electron chi connectivity index (χ0n) is 16.1. The third-order valence-corrected chi connectivity index (χ3v) is 6.16. The number of alkyl halides is 3. The number of hydrogen-bond acceptors (Lipinski definition) is 4. The quantitative estimate of drug-likeness (QED) is 0.404. The molecule has 1 saturated carbocycles. The topological polar surface area (TPSA) is 60.2 Å². The van der Waals surface area contributed by atoms with Crippen LogP contribution in [0.1, 0.15) is 30.5 Å². The van der Waals surface area contributed by atoms with Crippen LogP contribution < -0.4 is 9.80 Å². The van der Waals surface area contributed by atoms with Crippen molar-refractivity contribution in [3.8, 4) is 6.07 Å². The molecule has 1 aromatic carbocycles. The molecule has 1 aromatic heterocycles. The molecule has 1 amide bonds. The minimum atomic E-state index is -4.80. The lowest BCUT2D eigenvalue weighted by Gasteiger charge is -2.49. The summed E-state index contributed by atoms with van der Waals surface area (Å²) in [5.41, 5.74) is -1.69. The Kier molecular flexibility index (Phi) is 6.34. The van der Waals surface area contributed by atoms with E-state index in [4.69, 9.17) is 17.5 Å². The largest absolute Gasteiger partial charge is 0.419 e. The van der Waals surface area contributed by atoms with Crippen molar-refractivity contribution in [3.05, 3.63) is 52.0 Å². The maximum Gasteiger partial charge on any atom is 0.419 e. The Hall–Kier alpha value is -2.58. The van der Waals surface area contributed by atoms with E-state index in [1.54, 1.807) is 6.07 Å². The van der Waals surface area contributed by atoms with Crippen molar-refractivity contribution in [2.24, 2.45) is 0 Å². The number of likely N-dealkylation sites (N-methyl/N-ethyl adjacent to an activating group) is 1. The van der Waals surface area contributed by atoms with E-state index in [1.165, 1.54) is 35.6 Å². The molecule has 2 aromatic rings. The predicted molar refractivity (Wildman–Crippen MR) is 114 cm³/mol. The Bertz CT molecular complexity index is 1080. The SMILES string of the molecule is CN(C(=O)C1(N(C=S)c2ccc(Br)c(F)c2)CCC1)c1cnc(C#N)c(C(F)(F)F)c1. The van der Waals surface area contributed by atoms with Crippen LogP contribution in [0.25, 0.3) is 0 Å². The first-order valence-electron chi connectivity index (χ1n) is 9.00. The maximum atomic E-state index is 14.1. The van der Waals surface area contributed by atoms with Crippen molar-refractivity contribution in [3.63, 3.8) is 0 Å². The number of aromatic nitrogens is 1. The fourth-order valence-corrected chi connectivity index (χ4v) is 4.06. The zero-order chi connectivity index (χ0) is 23.0. The summed E-state index contributed by atoms with van der Waals surface area (Å²) in [6, 6.07) is 6.43. The predicted octanol–water partition coefficient (Wildman–Crippen LogP) is 5.22. The second-order valence-corrected chi connectivity index (χ2v) is 8.09. The van der Waals surface area contributed by atoms with E-state index in [1.807, 2.05) is 0 Å². The van der Waals surface area contributed by atoms with Crippen molar-refractivity contribution in [2.45, 2.75) is 31.0 Å². The standard InChI is InChI=1S/C20H15BrF4N4OS/c1-28(13-7-14(20(23,24)25)17(9-26)27-10-13)18(30)19(5-2-6-19)29(11-31)12-3-4-15(21)16(22)8-12/h3-4,7-8,10-11H,2,5-6H2,1H3. The van der Waals surface area contributed by atoms with Crippen molar-refractivity contribution >= 4 is 50.9 Å². The summed E-state index contributed by atoms with van der Waals surface area (Å²) in [7, 11) is 1.33. The summed E-state index contributed by atoms with van der Waals surface area (Å²) in [5.74, 6) is -1.05. The van der Waals surface area contributed by atoms with Gasteiger partial charge in [0, 0.05) is 12.7 Å². The lowest BCUT2D eigenvalue weighted by atomic mass is 9.74. The lowest BCUT2D eigenvalue weighted by Crippen LogP contribution is -2.63. The van der Waals surface area contributed by atoms with Crippen molar-refractivity contribution in [2.75, 3.05) is 16.8 Å². The number of anilines is 2. The third-order valence-electron chi connectivity index (χ3n) is 5.30. The molecule has 0 spiro atoms. The molecule has 0 unspecified atom stereocenters. The third kappa shape index (κ3) is 4.14. The first kappa shape index (κ1) is 23.1. The Balaban J connectivity index is 2.00. The van der Waals surface area contributed by atoms with Crippen LogP contribution in [0.15, 0.2) is 34.9 Å². The Labute approximate surface area is 189 Å². The molecule has 162 valence electrons. The molecule has 11 heteroatoms. The highest BCUT2D eigenvalue weighted by Gasteiger charge is 2.50. The van der Waals surface area contributed by atoms with Crippen molar-refractivity contribution < 1.29 is 22.4 Å². The lowest BCUT2D eigenvalue weighted by molar-refractivity contribution is -0.138. The average molecular weight is 515 g/mol. The maximum absolute atomic E-state index is 14.1. The number of amides is 1. The van der Waals surface area contributed by atoms with Gasteiger partial charge < -0.3 is 9.80 Å². The number of benzene rings is 1. The van der Waals surface area contributed by atoms with E-state index in [-0.39, 0.29) is 10.2 Å². The van der Waals surface area contributed by atoms with E-state index in [2.05, 4.69) is 20.9 Å². The molecule has 3 rings (SSSR count). The minimum absolute atomic E-state index is 0.117. The molecule has 0 bridgehead atoms. The molecule has 0 aliphatic heterocycles. The number of nitrogens with zero attached hydrogens (tertiary/aromatic N) is 4. The number of hydrogen-bond donors (Lipinski definition) is 0. The summed E-state index contributed by atoms with van der Waals surface area (Å²) >= 11 is 8.18. The van der Waals surface area contributed by atoms with Gasteiger partial charge in [-0.05, 0) is 59.5 Å². The van der Waals surface area contributed by atoms with Gasteiger partial charge in [-0.2, -0.15) is 18.4 Å². The number of carbonyl (C=O) groups is 1. The van der Waals surface area contributed by atoms with Crippen LogP contribution in [0.2, 0.25) is 0 Å². The molecular formula is C20H15BrF4N4OS. The summed E-state index contributed by atoms with van der Waals surface area (Å²) < 4.78 is 54.2.